The summed E-state index contributed by atoms with van der Waals surface area (Å²) in [6.45, 7) is 2.04. The Morgan fingerprint density at radius 3 is 2.57 bits per heavy atom. The minimum atomic E-state index is -0.462. The van der Waals surface area contributed by atoms with Gasteiger partial charge in [0, 0.05) is 21.9 Å². The molecule has 140 valence electrons. The summed E-state index contributed by atoms with van der Waals surface area (Å²) in [4.78, 5) is 17.1. The Morgan fingerprint density at radius 1 is 1.11 bits per heavy atom. The van der Waals surface area contributed by atoms with Crippen LogP contribution in [-0.2, 0) is 4.74 Å². The van der Waals surface area contributed by atoms with Crippen LogP contribution in [0.25, 0.3) is 16.9 Å². The second-order valence-corrected chi connectivity index (χ2v) is 6.92. The molecule has 2 aromatic heterocycles. The zero-order valence-corrected chi connectivity index (χ0v) is 16.7. The maximum absolute atomic E-state index is 12.7. The number of carbonyl (C=O) groups is 1. The number of fused-ring (bicyclic) bond motifs is 1. The van der Waals surface area contributed by atoms with Crippen LogP contribution in [0.4, 0.5) is 11.5 Å². The monoisotopic (exact) mass is 436 g/mol. The molecule has 0 aliphatic heterocycles. The number of carbonyl (C=O) groups excluding carboxylic acids is 1. The topological polar surface area (TPSA) is 68.5 Å². The molecule has 0 aliphatic carbocycles. The highest BCUT2D eigenvalue weighted by Gasteiger charge is 2.24. The van der Waals surface area contributed by atoms with Gasteiger partial charge >= 0.3 is 5.97 Å². The smallest absolute Gasteiger partial charge is 0.345 e. The number of hydrogen-bond donors (Lipinski definition) is 1. The van der Waals surface area contributed by atoms with Crippen LogP contribution in [0.5, 0.6) is 0 Å². The second kappa shape index (κ2) is 7.82. The van der Waals surface area contributed by atoms with Crippen molar-refractivity contribution in [1.29, 1.82) is 0 Å². The van der Waals surface area contributed by atoms with Crippen LogP contribution < -0.4 is 5.32 Å². The van der Waals surface area contributed by atoms with E-state index in [0.717, 1.165) is 21.4 Å². The number of nitrogens with one attached hydrogen (secondary N) is 1. The average molecular weight is 437 g/mol. The minimum Gasteiger partial charge on any atom is -0.462 e. The molecule has 6 nitrogen and oxygen atoms in total. The van der Waals surface area contributed by atoms with Crippen molar-refractivity contribution in [1.82, 2.24) is 14.6 Å². The zero-order valence-electron chi connectivity index (χ0n) is 15.1. The molecule has 28 heavy (non-hydrogen) atoms. The normalized spacial score (nSPS) is 10.8. The Hall–Kier alpha value is -3.19. The number of anilines is 2. The van der Waals surface area contributed by atoms with E-state index in [1.807, 2.05) is 60.7 Å². The first-order chi connectivity index (χ1) is 13.7. The summed E-state index contributed by atoms with van der Waals surface area (Å²) in [6.07, 6.45) is 1.67. The lowest BCUT2D eigenvalue weighted by molar-refractivity contribution is 0.0529. The van der Waals surface area contributed by atoms with Crippen molar-refractivity contribution in [2.75, 3.05) is 11.9 Å². The third-order valence-corrected chi connectivity index (χ3v) is 4.70. The molecule has 0 unspecified atom stereocenters. The van der Waals surface area contributed by atoms with Crippen LogP contribution in [0.2, 0.25) is 0 Å². The standard InChI is InChI=1S/C21H17BrN4O2/c1-2-28-21(27)18-19(24-16-6-4-3-5-7-16)25-26-17(12-13-23-20(18)26)14-8-10-15(22)11-9-14/h3-13H,2H2,1H3,(H,24,25). The van der Waals surface area contributed by atoms with Crippen molar-refractivity contribution in [2.45, 2.75) is 6.92 Å². The van der Waals surface area contributed by atoms with Crippen molar-refractivity contribution < 1.29 is 9.53 Å². The number of aromatic nitrogens is 3. The van der Waals surface area contributed by atoms with E-state index in [0.29, 0.717) is 17.0 Å². The van der Waals surface area contributed by atoms with E-state index < -0.39 is 5.97 Å². The number of rotatable bonds is 5. The maximum Gasteiger partial charge on any atom is 0.345 e. The van der Waals surface area contributed by atoms with E-state index >= 15 is 0 Å². The van der Waals surface area contributed by atoms with Crippen molar-refractivity contribution in [3.63, 3.8) is 0 Å². The molecule has 4 rings (SSSR count). The van der Waals surface area contributed by atoms with E-state index in [2.05, 4.69) is 31.3 Å². The van der Waals surface area contributed by atoms with Gasteiger partial charge in [-0.15, -0.1) is 5.10 Å². The number of benzene rings is 2. The van der Waals surface area contributed by atoms with Crippen LogP contribution in [0.15, 0.2) is 71.3 Å². The fraction of sp³-hybridized carbons (Fsp3) is 0.0952. The van der Waals surface area contributed by atoms with Crippen molar-refractivity contribution in [2.24, 2.45) is 0 Å². The summed E-state index contributed by atoms with van der Waals surface area (Å²) in [7, 11) is 0. The number of esters is 1. The molecule has 7 heteroatoms. The number of nitrogens with zero attached hydrogens (tertiary/aromatic N) is 3. The van der Waals surface area contributed by atoms with Gasteiger partial charge in [-0.2, -0.15) is 0 Å². The summed E-state index contributed by atoms with van der Waals surface area (Å²) in [5, 5.41) is 7.85. The first kappa shape index (κ1) is 18.2. The Labute approximate surface area is 170 Å². The minimum absolute atomic E-state index is 0.271. The molecule has 0 saturated heterocycles. The second-order valence-electron chi connectivity index (χ2n) is 6.01. The predicted molar refractivity (Wildman–Crippen MR) is 112 cm³/mol. The van der Waals surface area contributed by atoms with Crippen LogP contribution >= 0.6 is 15.9 Å². The molecule has 0 amide bonds. The molecule has 0 atom stereocenters. The summed E-state index contributed by atoms with van der Waals surface area (Å²) in [5.41, 5.74) is 3.35. The Kier molecular flexibility index (Phi) is 5.08. The van der Waals surface area contributed by atoms with E-state index in [-0.39, 0.29) is 6.61 Å². The first-order valence-corrected chi connectivity index (χ1v) is 9.59. The molecule has 0 spiro atoms. The van der Waals surface area contributed by atoms with Crippen LogP contribution in [0, 0.1) is 0 Å². The van der Waals surface area contributed by atoms with Crippen LogP contribution in [-0.4, -0.2) is 27.2 Å². The van der Waals surface area contributed by atoms with E-state index in [4.69, 9.17) is 4.74 Å². The summed E-state index contributed by atoms with van der Waals surface area (Å²) in [5.74, 6) is -0.0573. The molecule has 0 radical (unpaired) electrons. The number of hydrogen-bond acceptors (Lipinski definition) is 5. The largest absolute Gasteiger partial charge is 0.462 e. The number of ether oxygens (including phenoxy) is 1. The van der Waals surface area contributed by atoms with Gasteiger partial charge in [-0.1, -0.05) is 46.3 Å². The first-order valence-electron chi connectivity index (χ1n) is 8.80. The van der Waals surface area contributed by atoms with Gasteiger partial charge in [0.15, 0.2) is 11.5 Å². The molecule has 2 aromatic carbocycles. The van der Waals surface area contributed by atoms with Gasteiger partial charge in [-0.3, -0.25) is 0 Å². The van der Waals surface area contributed by atoms with Gasteiger partial charge in [0.25, 0.3) is 0 Å². The molecule has 0 bridgehead atoms. The third kappa shape index (κ3) is 3.48. The Morgan fingerprint density at radius 2 is 1.86 bits per heavy atom. The lowest BCUT2D eigenvalue weighted by atomic mass is 10.1. The molecule has 2 heterocycles. The van der Waals surface area contributed by atoms with Gasteiger partial charge in [0.1, 0.15) is 5.56 Å². The predicted octanol–water partition coefficient (Wildman–Crippen LogP) is 5.08. The van der Waals surface area contributed by atoms with Gasteiger partial charge in [0.05, 0.1) is 12.3 Å². The SMILES string of the molecule is CCOC(=O)c1c(Nc2ccccc2)nn2c(-c3ccc(Br)cc3)ccnc12. The molecule has 4 aromatic rings. The van der Waals surface area contributed by atoms with Crippen LogP contribution in [0.3, 0.4) is 0 Å². The molecular weight excluding hydrogens is 420 g/mol. The Balaban J connectivity index is 1.89. The molecule has 0 saturated carbocycles. The fourth-order valence-electron chi connectivity index (χ4n) is 2.92. The molecule has 0 fully saturated rings. The van der Waals surface area contributed by atoms with Crippen LogP contribution in [0.1, 0.15) is 17.3 Å². The zero-order chi connectivity index (χ0) is 19.5. The molecule has 1 N–H and O–H groups in total. The van der Waals surface area contributed by atoms with Gasteiger partial charge in [0.2, 0.25) is 0 Å². The quantitative estimate of drug-likeness (QED) is 0.441. The Bertz CT molecular complexity index is 1120. The van der Waals surface area contributed by atoms with Crippen molar-refractivity contribution in [3.8, 4) is 11.3 Å². The summed E-state index contributed by atoms with van der Waals surface area (Å²) in [6, 6.07) is 19.3. The van der Waals surface area contributed by atoms with Gasteiger partial charge in [-0.05, 0) is 37.3 Å². The molecular formula is C21H17BrN4O2. The highest BCUT2D eigenvalue weighted by molar-refractivity contribution is 9.10. The lowest BCUT2D eigenvalue weighted by Gasteiger charge is -2.05. The van der Waals surface area contributed by atoms with Crippen molar-refractivity contribution >= 4 is 39.1 Å². The summed E-state index contributed by atoms with van der Waals surface area (Å²) < 4.78 is 7.91. The average Bonchev–Trinajstić information content (AvgIpc) is 3.07. The molecule has 0 aliphatic rings. The number of halogens is 1. The maximum atomic E-state index is 12.7. The summed E-state index contributed by atoms with van der Waals surface area (Å²) >= 11 is 3.45. The van der Waals surface area contributed by atoms with E-state index in [1.165, 1.54) is 0 Å². The third-order valence-electron chi connectivity index (χ3n) is 4.17. The van der Waals surface area contributed by atoms with Gasteiger partial charge < -0.3 is 10.1 Å². The lowest BCUT2D eigenvalue weighted by Crippen LogP contribution is -2.07. The van der Waals surface area contributed by atoms with Crippen molar-refractivity contribution in [3.05, 3.63) is 76.9 Å². The van der Waals surface area contributed by atoms with E-state index in [1.54, 1.807) is 17.6 Å². The van der Waals surface area contributed by atoms with Gasteiger partial charge in [-0.25, -0.2) is 14.3 Å². The fourth-order valence-corrected chi connectivity index (χ4v) is 3.19. The highest BCUT2D eigenvalue weighted by atomic mass is 79.9. The van der Waals surface area contributed by atoms with E-state index in [9.17, 15) is 4.79 Å². The highest BCUT2D eigenvalue weighted by Crippen LogP contribution is 2.28. The number of para-hydroxylation sites is 1.